The van der Waals surface area contributed by atoms with E-state index in [1.807, 2.05) is 17.9 Å². The molecule has 0 spiro atoms. The summed E-state index contributed by atoms with van der Waals surface area (Å²) in [5.74, 6) is 0.117. The van der Waals surface area contributed by atoms with Crippen molar-refractivity contribution in [1.29, 1.82) is 0 Å². The number of aromatic amines is 2. The van der Waals surface area contributed by atoms with Crippen LogP contribution in [0.4, 0.5) is 5.69 Å². The molecule has 3 heterocycles. The maximum atomic E-state index is 13.3. The molecule has 2 aliphatic rings. The quantitative estimate of drug-likeness (QED) is 0.331. The van der Waals surface area contributed by atoms with Crippen LogP contribution < -0.4 is 4.90 Å². The van der Waals surface area contributed by atoms with Crippen molar-refractivity contribution in [3.63, 3.8) is 0 Å². The van der Waals surface area contributed by atoms with Gasteiger partial charge in [0.15, 0.2) is 0 Å². The third kappa shape index (κ3) is 4.91. The zero-order valence-corrected chi connectivity index (χ0v) is 23.1. The van der Waals surface area contributed by atoms with Gasteiger partial charge in [-0.05, 0) is 75.6 Å². The third-order valence-corrected chi connectivity index (χ3v) is 8.10. The second-order valence-electron chi connectivity index (χ2n) is 12.2. The average molecular weight is 501 g/mol. The first-order valence-electron chi connectivity index (χ1n) is 13.5. The third-order valence-electron chi connectivity index (χ3n) is 8.10. The van der Waals surface area contributed by atoms with Crippen molar-refractivity contribution >= 4 is 22.5 Å². The van der Waals surface area contributed by atoms with Gasteiger partial charge in [-0.1, -0.05) is 45.1 Å². The van der Waals surface area contributed by atoms with Crippen LogP contribution in [0, 0.1) is 17.8 Å². The van der Waals surface area contributed by atoms with E-state index in [2.05, 4.69) is 86.2 Å². The van der Waals surface area contributed by atoms with Crippen molar-refractivity contribution in [3.8, 4) is 11.4 Å². The van der Waals surface area contributed by atoms with Gasteiger partial charge in [0, 0.05) is 27.8 Å². The number of hydrogen-bond donors (Lipinski definition) is 2. The largest absolute Gasteiger partial charge is 0.376 e. The zero-order chi connectivity index (χ0) is 26.4. The summed E-state index contributed by atoms with van der Waals surface area (Å²) in [6, 6.07) is 8.43. The van der Waals surface area contributed by atoms with E-state index in [1.54, 1.807) is 0 Å². The molecule has 1 amide bonds. The Bertz CT molecular complexity index is 1370. The Balaban J connectivity index is 1.31. The number of aromatic nitrogens is 3. The molecule has 1 aromatic carbocycles. The first-order chi connectivity index (χ1) is 17.6. The number of nitrogens with one attached hydrogen (secondary N) is 2. The summed E-state index contributed by atoms with van der Waals surface area (Å²) >= 11 is 0. The van der Waals surface area contributed by atoms with E-state index < -0.39 is 5.41 Å². The number of H-pyrrole nitrogens is 2. The molecule has 196 valence electrons. The van der Waals surface area contributed by atoms with Gasteiger partial charge < -0.3 is 14.6 Å². The second-order valence-corrected chi connectivity index (χ2v) is 12.2. The number of β-lactam (4-membered cyclic amide) rings is 1. The number of amides is 1. The van der Waals surface area contributed by atoms with Gasteiger partial charge in [-0.3, -0.25) is 9.89 Å². The van der Waals surface area contributed by atoms with Crippen molar-refractivity contribution in [2.24, 2.45) is 10.8 Å². The molecule has 5 rings (SSSR count). The molecule has 6 nitrogen and oxygen atoms in total. The van der Waals surface area contributed by atoms with Gasteiger partial charge in [0.25, 0.3) is 0 Å². The highest BCUT2D eigenvalue weighted by atomic mass is 16.5. The van der Waals surface area contributed by atoms with E-state index >= 15 is 0 Å². The molecular formula is C31H40N4O2. The molecule has 1 fully saturated rings. The average Bonchev–Trinajstić information content (AvgIpc) is 3.45. The normalized spacial score (nSPS) is 22.0. The second kappa shape index (κ2) is 9.64. The van der Waals surface area contributed by atoms with Crippen molar-refractivity contribution in [3.05, 3.63) is 59.3 Å². The fraction of sp³-hybridized carbons (Fsp3) is 0.484. The molecule has 3 aromatic rings. The smallest absolute Gasteiger partial charge is 0.237 e. The van der Waals surface area contributed by atoms with Gasteiger partial charge in [0.2, 0.25) is 5.91 Å². The Labute approximate surface area is 220 Å². The Morgan fingerprint density at radius 3 is 2.73 bits per heavy atom. The van der Waals surface area contributed by atoms with Gasteiger partial charge in [-0.15, -0.1) is 0 Å². The molecule has 1 aliphatic carbocycles. The minimum atomic E-state index is -0.511. The van der Waals surface area contributed by atoms with Crippen molar-refractivity contribution in [1.82, 2.24) is 15.2 Å². The van der Waals surface area contributed by atoms with Gasteiger partial charge in [-0.2, -0.15) is 5.10 Å². The molecule has 6 heteroatoms. The Morgan fingerprint density at radius 1 is 1.22 bits per heavy atom. The maximum absolute atomic E-state index is 13.3. The fourth-order valence-corrected chi connectivity index (χ4v) is 5.40. The Hall–Kier alpha value is -3.12. The SMILES string of the molecule is Cc1[nH]nc(-c2cc3ccc(N4C(=O)C(C)(COCC5=CCCC=C5)C4C)cc3[nH]2)c1CCC(C)(C)C. The predicted molar refractivity (Wildman–Crippen MR) is 151 cm³/mol. The van der Waals surface area contributed by atoms with E-state index in [9.17, 15) is 4.79 Å². The van der Waals surface area contributed by atoms with Crippen LogP contribution in [0.15, 0.2) is 48.1 Å². The molecule has 0 bridgehead atoms. The van der Waals surface area contributed by atoms with Crippen LogP contribution in [0.3, 0.4) is 0 Å². The molecule has 1 aliphatic heterocycles. The lowest BCUT2D eigenvalue weighted by atomic mass is 9.73. The summed E-state index contributed by atoms with van der Waals surface area (Å²) in [5.41, 5.74) is 7.26. The van der Waals surface area contributed by atoms with Crippen molar-refractivity contribution in [2.75, 3.05) is 18.1 Å². The first-order valence-corrected chi connectivity index (χ1v) is 13.5. The van der Waals surface area contributed by atoms with Crippen LogP contribution in [0.2, 0.25) is 0 Å². The van der Waals surface area contributed by atoms with E-state index in [0.29, 0.717) is 13.2 Å². The summed E-state index contributed by atoms with van der Waals surface area (Å²) in [4.78, 5) is 18.8. The van der Waals surface area contributed by atoms with Crippen LogP contribution in [-0.4, -0.2) is 40.3 Å². The molecule has 1 saturated heterocycles. The number of benzene rings is 1. The summed E-state index contributed by atoms with van der Waals surface area (Å²) in [6.45, 7) is 14.0. The zero-order valence-electron chi connectivity index (χ0n) is 23.1. The molecular weight excluding hydrogens is 460 g/mol. The molecule has 2 atom stereocenters. The molecule has 2 aromatic heterocycles. The molecule has 0 radical (unpaired) electrons. The highest BCUT2D eigenvalue weighted by Crippen LogP contribution is 2.43. The molecule has 2 N–H and O–H groups in total. The minimum absolute atomic E-state index is 0.0563. The highest BCUT2D eigenvalue weighted by Gasteiger charge is 2.55. The van der Waals surface area contributed by atoms with Crippen LogP contribution in [-0.2, 0) is 16.0 Å². The summed E-state index contributed by atoms with van der Waals surface area (Å²) in [7, 11) is 0. The highest BCUT2D eigenvalue weighted by molar-refractivity contribution is 6.06. The van der Waals surface area contributed by atoms with Crippen LogP contribution >= 0.6 is 0 Å². The number of hydrogen-bond acceptors (Lipinski definition) is 3. The fourth-order valence-electron chi connectivity index (χ4n) is 5.40. The summed E-state index contributed by atoms with van der Waals surface area (Å²) in [6.07, 6.45) is 10.8. The van der Waals surface area contributed by atoms with Crippen LogP contribution in [0.25, 0.3) is 22.3 Å². The lowest BCUT2D eigenvalue weighted by Crippen LogP contribution is -2.68. The van der Waals surface area contributed by atoms with Gasteiger partial charge in [-0.25, -0.2) is 0 Å². The number of allylic oxidation sites excluding steroid dienone is 2. The number of fused-ring (bicyclic) bond motifs is 1. The molecule has 0 saturated carbocycles. The number of carbonyl (C=O) groups excluding carboxylic acids is 1. The standard InChI is InChI=1S/C31H40N4O2/c1-20-25(14-15-30(3,4)5)28(34-33-20)27-16-23-12-13-24(17-26(23)32-27)35-21(2)31(6,29(35)36)19-37-18-22-10-8-7-9-11-22/h8,10-13,16-17,21,32H,7,9,14-15,18-19H2,1-6H3,(H,33,34). The van der Waals surface area contributed by atoms with E-state index in [4.69, 9.17) is 4.74 Å². The van der Waals surface area contributed by atoms with Crippen LogP contribution in [0.5, 0.6) is 0 Å². The summed E-state index contributed by atoms with van der Waals surface area (Å²) < 4.78 is 6.00. The number of nitrogens with zero attached hydrogens (tertiary/aromatic N) is 2. The number of anilines is 1. The summed E-state index contributed by atoms with van der Waals surface area (Å²) in [5, 5.41) is 8.92. The lowest BCUT2D eigenvalue weighted by Gasteiger charge is -2.52. The topological polar surface area (TPSA) is 74.0 Å². The number of carbonyl (C=O) groups is 1. The predicted octanol–water partition coefficient (Wildman–Crippen LogP) is 6.88. The van der Waals surface area contributed by atoms with E-state index in [1.165, 1.54) is 11.1 Å². The number of aryl methyl sites for hydroxylation is 1. The Morgan fingerprint density at radius 2 is 2.03 bits per heavy atom. The van der Waals surface area contributed by atoms with Gasteiger partial charge in [0.1, 0.15) is 5.69 Å². The van der Waals surface area contributed by atoms with Crippen molar-refractivity contribution < 1.29 is 9.53 Å². The molecule has 37 heavy (non-hydrogen) atoms. The maximum Gasteiger partial charge on any atom is 0.237 e. The van der Waals surface area contributed by atoms with Gasteiger partial charge >= 0.3 is 0 Å². The first kappa shape index (κ1) is 25.5. The number of rotatable bonds is 8. The Kier molecular flexibility index (Phi) is 6.65. The monoisotopic (exact) mass is 500 g/mol. The van der Waals surface area contributed by atoms with E-state index in [0.717, 1.165) is 59.4 Å². The van der Waals surface area contributed by atoms with Crippen molar-refractivity contribution in [2.45, 2.75) is 73.3 Å². The molecule has 2 unspecified atom stereocenters. The van der Waals surface area contributed by atoms with E-state index in [-0.39, 0.29) is 17.4 Å². The van der Waals surface area contributed by atoms with Crippen LogP contribution in [0.1, 0.15) is 65.1 Å². The number of ether oxygens (including phenoxy) is 1. The van der Waals surface area contributed by atoms with Gasteiger partial charge in [0.05, 0.1) is 30.4 Å². The minimum Gasteiger partial charge on any atom is -0.376 e. The lowest BCUT2D eigenvalue weighted by molar-refractivity contribution is -0.142.